The Hall–Kier alpha value is -0.430. The van der Waals surface area contributed by atoms with Gasteiger partial charge < -0.3 is 5.73 Å². The van der Waals surface area contributed by atoms with E-state index in [1.807, 2.05) is 23.8 Å². The van der Waals surface area contributed by atoms with Crippen LogP contribution < -0.4 is 10.5 Å². The fraction of sp³-hybridized carbons (Fsp3) is 0.556. The molecule has 1 rings (SSSR count). The van der Waals surface area contributed by atoms with Crippen LogP contribution in [0.25, 0.3) is 0 Å². The molecule has 0 saturated heterocycles. The molecule has 0 saturated carbocycles. The van der Waals surface area contributed by atoms with Crippen molar-refractivity contribution in [2.75, 3.05) is 12.3 Å². The van der Waals surface area contributed by atoms with E-state index in [1.165, 1.54) is 0 Å². The van der Waals surface area contributed by atoms with Gasteiger partial charge in [0, 0.05) is 6.04 Å². The Morgan fingerprint density at radius 2 is 2.33 bits per heavy atom. The van der Waals surface area contributed by atoms with Gasteiger partial charge in [0.1, 0.15) is 0 Å². The van der Waals surface area contributed by atoms with Crippen molar-refractivity contribution in [1.29, 1.82) is 0 Å². The highest BCUT2D eigenvalue weighted by atomic mass is 32.2. The first kappa shape index (κ1) is 12.6. The molecule has 0 aliphatic heterocycles. The fourth-order valence-electron chi connectivity index (χ4n) is 1.19. The quantitative estimate of drug-likeness (QED) is 0.791. The lowest BCUT2D eigenvalue weighted by molar-refractivity contribution is 0.565. The molecule has 0 bridgehead atoms. The second-order valence-electron chi connectivity index (χ2n) is 3.36. The molecule has 0 aromatic carbocycles. The molecule has 1 atom stereocenters. The molecule has 0 radical (unpaired) electrons. The van der Waals surface area contributed by atoms with Crippen molar-refractivity contribution < 1.29 is 8.42 Å². The molecule has 86 valence electrons. The summed E-state index contributed by atoms with van der Waals surface area (Å²) in [4.78, 5) is 0. The van der Waals surface area contributed by atoms with Gasteiger partial charge in [-0.25, -0.2) is 13.1 Å². The van der Waals surface area contributed by atoms with Crippen molar-refractivity contribution in [3.05, 3.63) is 22.4 Å². The van der Waals surface area contributed by atoms with E-state index in [-0.39, 0.29) is 11.8 Å². The SMILES string of the molecule is CC(NS(=O)(=O)CCCN)c1ccsc1. The first-order chi connectivity index (χ1) is 7.05. The monoisotopic (exact) mass is 248 g/mol. The molecule has 15 heavy (non-hydrogen) atoms. The predicted octanol–water partition coefficient (Wildman–Crippen LogP) is 1.08. The van der Waals surface area contributed by atoms with Crippen LogP contribution in [0.1, 0.15) is 24.9 Å². The Morgan fingerprint density at radius 1 is 1.60 bits per heavy atom. The largest absolute Gasteiger partial charge is 0.330 e. The number of hydrogen-bond acceptors (Lipinski definition) is 4. The highest BCUT2D eigenvalue weighted by Crippen LogP contribution is 2.16. The lowest BCUT2D eigenvalue weighted by Gasteiger charge is -2.12. The number of thiophene rings is 1. The number of nitrogens with one attached hydrogen (secondary N) is 1. The smallest absolute Gasteiger partial charge is 0.212 e. The molecule has 0 aliphatic carbocycles. The van der Waals surface area contributed by atoms with Crippen molar-refractivity contribution in [2.45, 2.75) is 19.4 Å². The summed E-state index contributed by atoms with van der Waals surface area (Å²) in [5.74, 6) is 0.0952. The van der Waals surface area contributed by atoms with Crippen LogP contribution in [0, 0.1) is 0 Å². The molecule has 0 amide bonds. The highest BCUT2D eigenvalue weighted by Gasteiger charge is 2.15. The van der Waals surface area contributed by atoms with Crippen LogP contribution in [-0.4, -0.2) is 20.7 Å². The number of nitrogens with two attached hydrogens (primary N) is 1. The maximum atomic E-state index is 11.5. The minimum Gasteiger partial charge on any atom is -0.330 e. The molecular formula is C9H16N2O2S2. The molecule has 6 heteroatoms. The fourth-order valence-corrected chi connectivity index (χ4v) is 3.28. The van der Waals surface area contributed by atoms with Gasteiger partial charge in [-0.15, -0.1) is 0 Å². The molecule has 4 nitrogen and oxygen atoms in total. The first-order valence-electron chi connectivity index (χ1n) is 4.77. The summed E-state index contributed by atoms with van der Waals surface area (Å²) in [6.45, 7) is 2.23. The molecule has 3 N–H and O–H groups in total. The van der Waals surface area contributed by atoms with Crippen LogP contribution in [-0.2, 0) is 10.0 Å². The Labute approximate surface area is 94.5 Å². The Kier molecular flexibility index (Phi) is 4.72. The minimum absolute atomic E-state index is 0.0952. The van der Waals surface area contributed by atoms with Crippen LogP contribution in [0.4, 0.5) is 0 Å². The molecule has 0 spiro atoms. The molecule has 1 heterocycles. The van der Waals surface area contributed by atoms with Crippen molar-refractivity contribution in [2.24, 2.45) is 5.73 Å². The molecule has 1 aromatic heterocycles. The number of rotatable bonds is 6. The second kappa shape index (κ2) is 5.60. The molecular weight excluding hydrogens is 232 g/mol. The molecule has 0 fully saturated rings. The van der Waals surface area contributed by atoms with Gasteiger partial charge in [0.15, 0.2) is 0 Å². The third-order valence-corrected chi connectivity index (χ3v) is 4.26. The Balaban J connectivity index is 2.54. The standard InChI is InChI=1S/C9H16N2O2S2/c1-8(9-3-5-14-7-9)11-15(12,13)6-2-4-10/h3,5,7-8,11H,2,4,6,10H2,1H3. The average molecular weight is 248 g/mol. The van der Waals surface area contributed by atoms with Gasteiger partial charge in [0.25, 0.3) is 0 Å². The zero-order chi connectivity index (χ0) is 11.3. The van der Waals surface area contributed by atoms with E-state index in [2.05, 4.69) is 4.72 Å². The van der Waals surface area contributed by atoms with Gasteiger partial charge in [-0.05, 0) is 42.3 Å². The van der Waals surface area contributed by atoms with Crippen LogP contribution in [0.5, 0.6) is 0 Å². The van der Waals surface area contributed by atoms with Crippen LogP contribution in [0.2, 0.25) is 0 Å². The summed E-state index contributed by atoms with van der Waals surface area (Å²) in [5.41, 5.74) is 6.27. The first-order valence-corrected chi connectivity index (χ1v) is 7.37. The molecule has 0 aliphatic rings. The zero-order valence-electron chi connectivity index (χ0n) is 8.64. The van der Waals surface area contributed by atoms with Crippen molar-refractivity contribution in [1.82, 2.24) is 4.72 Å². The molecule has 1 unspecified atom stereocenters. The summed E-state index contributed by atoms with van der Waals surface area (Å²) in [7, 11) is -3.19. The summed E-state index contributed by atoms with van der Waals surface area (Å²) in [6, 6.07) is 1.75. The maximum Gasteiger partial charge on any atom is 0.212 e. The zero-order valence-corrected chi connectivity index (χ0v) is 10.3. The number of hydrogen-bond donors (Lipinski definition) is 2. The summed E-state index contributed by atoms with van der Waals surface area (Å²) in [6.07, 6.45) is 0.492. The topological polar surface area (TPSA) is 72.2 Å². The van der Waals surface area contributed by atoms with Crippen molar-refractivity contribution >= 4 is 21.4 Å². The highest BCUT2D eigenvalue weighted by molar-refractivity contribution is 7.89. The van der Waals surface area contributed by atoms with E-state index >= 15 is 0 Å². The van der Waals surface area contributed by atoms with E-state index in [0.29, 0.717) is 13.0 Å². The van der Waals surface area contributed by atoms with Crippen LogP contribution in [0.15, 0.2) is 16.8 Å². The van der Waals surface area contributed by atoms with Gasteiger partial charge >= 0.3 is 0 Å². The summed E-state index contributed by atoms with van der Waals surface area (Å²) >= 11 is 1.56. The predicted molar refractivity (Wildman–Crippen MR) is 63.3 cm³/mol. The van der Waals surface area contributed by atoms with E-state index in [0.717, 1.165) is 5.56 Å². The van der Waals surface area contributed by atoms with E-state index in [1.54, 1.807) is 11.3 Å². The normalized spacial score (nSPS) is 14.0. The van der Waals surface area contributed by atoms with Crippen molar-refractivity contribution in [3.8, 4) is 0 Å². The Bertz CT molecular complexity index is 373. The lowest BCUT2D eigenvalue weighted by Crippen LogP contribution is -2.29. The van der Waals surface area contributed by atoms with Gasteiger partial charge in [0.2, 0.25) is 10.0 Å². The average Bonchev–Trinajstić information content (AvgIpc) is 2.67. The van der Waals surface area contributed by atoms with Crippen LogP contribution in [0.3, 0.4) is 0 Å². The Morgan fingerprint density at radius 3 is 2.87 bits per heavy atom. The third-order valence-electron chi connectivity index (χ3n) is 2.02. The maximum absolute atomic E-state index is 11.5. The number of sulfonamides is 1. The summed E-state index contributed by atoms with van der Waals surface area (Å²) in [5, 5.41) is 3.87. The van der Waals surface area contributed by atoms with Gasteiger partial charge in [-0.1, -0.05) is 0 Å². The van der Waals surface area contributed by atoms with Gasteiger partial charge in [0.05, 0.1) is 5.75 Å². The lowest BCUT2D eigenvalue weighted by atomic mass is 10.2. The summed E-state index contributed by atoms with van der Waals surface area (Å²) < 4.78 is 25.7. The molecule has 1 aromatic rings. The van der Waals surface area contributed by atoms with E-state index < -0.39 is 10.0 Å². The van der Waals surface area contributed by atoms with Gasteiger partial charge in [-0.2, -0.15) is 11.3 Å². The van der Waals surface area contributed by atoms with Gasteiger partial charge in [-0.3, -0.25) is 0 Å². The second-order valence-corrected chi connectivity index (χ2v) is 6.01. The minimum atomic E-state index is -3.19. The van der Waals surface area contributed by atoms with Crippen molar-refractivity contribution in [3.63, 3.8) is 0 Å². The van der Waals surface area contributed by atoms with E-state index in [9.17, 15) is 8.42 Å². The third kappa shape index (κ3) is 4.29. The van der Waals surface area contributed by atoms with Crippen LogP contribution >= 0.6 is 11.3 Å². The van der Waals surface area contributed by atoms with E-state index in [4.69, 9.17) is 5.73 Å².